The monoisotopic (exact) mass is 288 g/mol. The van der Waals surface area contributed by atoms with E-state index in [9.17, 15) is 9.59 Å². The van der Waals surface area contributed by atoms with Crippen molar-refractivity contribution in [2.24, 2.45) is 5.41 Å². The van der Waals surface area contributed by atoms with Gasteiger partial charge in [0.2, 0.25) is 5.91 Å². The van der Waals surface area contributed by atoms with Gasteiger partial charge in [-0.15, -0.1) is 0 Å². The van der Waals surface area contributed by atoms with Crippen molar-refractivity contribution in [3.8, 4) is 0 Å². The number of nitrogens with zero attached hydrogens (tertiary/aromatic N) is 2. The van der Waals surface area contributed by atoms with Crippen molar-refractivity contribution in [1.82, 2.24) is 9.80 Å². The molecule has 0 radical (unpaired) electrons. The second-order valence-electron chi connectivity index (χ2n) is 6.01. The molecule has 2 heterocycles. The van der Waals surface area contributed by atoms with Gasteiger partial charge >= 0.3 is 6.09 Å². The van der Waals surface area contributed by atoms with E-state index in [0.717, 1.165) is 18.5 Å². The molecule has 112 valence electrons. The highest BCUT2D eigenvalue weighted by Gasteiger charge is 2.48. The highest BCUT2D eigenvalue weighted by atomic mass is 16.4. The molecule has 0 aromatic heterocycles. The zero-order valence-corrected chi connectivity index (χ0v) is 12.0. The van der Waals surface area contributed by atoms with Gasteiger partial charge in [0.05, 0.1) is 5.41 Å². The third-order valence-electron chi connectivity index (χ3n) is 4.81. The molecule has 5 heteroatoms. The number of hydrogen-bond donors (Lipinski definition) is 1. The maximum absolute atomic E-state index is 12.7. The Morgan fingerprint density at radius 2 is 1.71 bits per heavy atom. The van der Waals surface area contributed by atoms with Crippen LogP contribution >= 0.6 is 0 Å². The molecule has 1 N–H and O–H groups in total. The van der Waals surface area contributed by atoms with Crippen LogP contribution in [0.3, 0.4) is 0 Å². The van der Waals surface area contributed by atoms with Gasteiger partial charge in [0, 0.05) is 26.2 Å². The molecule has 5 nitrogen and oxygen atoms in total. The Bertz CT molecular complexity index is 536. The lowest BCUT2D eigenvalue weighted by Crippen LogP contribution is -2.46. The summed E-state index contributed by atoms with van der Waals surface area (Å²) >= 11 is 0. The van der Waals surface area contributed by atoms with E-state index in [-0.39, 0.29) is 11.3 Å². The van der Waals surface area contributed by atoms with Gasteiger partial charge in [0.1, 0.15) is 0 Å². The lowest BCUT2D eigenvalue weighted by Gasteiger charge is -2.36. The maximum atomic E-state index is 12.7. The van der Waals surface area contributed by atoms with Crippen molar-refractivity contribution in [3.05, 3.63) is 35.9 Å². The largest absolute Gasteiger partial charge is 0.465 e. The molecular weight excluding hydrogens is 268 g/mol. The van der Waals surface area contributed by atoms with Gasteiger partial charge < -0.3 is 14.9 Å². The number of carbonyl (C=O) groups excluding carboxylic acids is 1. The first-order chi connectivity index (χ1) is 10.1. The number of hydrogen-bond acceptors (Lipinski definition) is 2. The Balaban J connectivity index is 1.65. The fourth-order valence-electron chi connectivity index (χ4n) is 3.44. The lowest BCUT2D eigenvalue weighted by molar-refractivity contribution is -0.138. The van der Waals surface area contributed by atoms with Crippen LogP contribution in [0, 0.1) is 5.41 Å². The van der Waals surface area contributed by atoms with E-state index in [1.807, 2.05) is 35.2 Å². The summed E-state index contributed by atoms with van der Waals surface area (Å²) in [5, 5.41) is 9.01. The Morgan fingerprint density at radius 3 is 2.33 bits per heavy atom. The minimum atomic E-state index is -0.878. The van der Waals surface area contributed by atoms with Crippen LogP contribution in [0.5, 0.6) is 0 Å². The predicted molar refractivity (Wildman–Crippen MR) is 77.7 cm³/mol. The molecular formula is C16H20N2O3. The summed E-state index contributed by atoms with van der Waals surface area (Å²) in [6.45, 7) is 2.38. The van der Waals surface area contributed by atoms with Crippen LogP contribution in [-0.2, 0) is 11.3 Å². The van der Waals surface area contributed by atoms with Crippen LogP contribution < -0.4 is 0 Å². The van der Waals surface area contributed by atoms with E-state index in [1.165, 1.54) is 4.90 Å². The number of piperidine rings is 1. The number of benzene rings is 1. The molecule has 1 aromatic rings. The smallest absolute Gasteiger partial charge is 0.407 e. The molecule has 21 heavy (non-hydrogen) atoms. The van der Waals surface area contributed by atoms with Gasteiger partial charge in [0.25, 0.3) is 0 Å². The van der Waals surface area contributed by atoms with Gasteiger partial charge in [0.15, 0.2) is 0 Å². The number of carboxylic acid groups (broad SMARTS) is 1. The molecule has 1 spiro atoms. The highest BCUT2D eigenvalue weighted by molar-refractivity contribution is 5.85. The fourth-order valence-corrected chi connectivity index (χ4v) is 3.44. The van der Waals surface area contributed by atoms with Crippen LogP contribution in [0.15, 0.2) is 30.3 Å². The molecule has 2 amide bonds. The Hall–Kier alpha value is -2.04. The zero-order chi connectivity index (χ0) is 14.9. The van der Waals surface area contributed by atoms with Gasteiger partial charge in [-0.25, -0.2) is 4.79 Å². The molecule has 0 aliphatic carbocycles. The van der Waals surface area contributed by atoms with Crippen LogP contribution in [0.4, 0.5) is 4.79 Å². The normalized spacial score (nSPS) is 21.0. The first-order valence-corrected chi connectivity index (χ1v) is 7.42. The van der Waals surface area contributed by atoms with Crippen LogP contribution in [-0.4, -0.2) is 46.5 Å². The van der Waals surface area contributed by atoms with Gasteiger partial charge in [-0.2, -0.15) is 0 Å². The maximum Gasteiger partial charge on any atom is 0.407 e. The second-order valence-corrected chi connectivity index (χ2v) is 6.01. The third kappa shape index (κ3) is 2.60. The average Bonchev–Trinajstić information content (AvgIpc) is 2.79. The lowest BCUT2D eigenvalue weighted by atomic mass is 9.77. The Kier molecular flexibility index (Phi) is 3.57. The van der Waals surface area contributed by atoms with E-state index >= 15 is 0 Å². The van der Waals surface area contributed by atoms with Crippen LogP contribution in [0.2, 0.25) is 0 Å². The van der Waals surface area contributed by atoms with Gasteiger partial charge in [-0.1, -0.05) is 30.3 Å². The van der Waals surface area contributed by atoms with E-state index < -0.39 is 6.09 Å². The van der Waals surface area contributed by atoms with Crippen molar-refractivity contribution in [1.29, 1.82) is 0 Å². The van der Waals surface area contributed by atoms with Crippen molar-refractivity contribution < 1.29 is 14.7 Å². The second kappa shape index (κ2) is 5.39. The molecule has 3 rings (SSSR count). The summed E-state index contributed by atoms with van der Waals surface area (Å²) in [6.07, 6.45) is 1.29. The highest BCUT2D eigenvalue weighted by Crippen LogP contribution is 2.41. The standard InChI is InChI=1S/C16H20N2O3/c19-14-16(6-9-17(10-7-16)15(20)21)8-11-18(14)12-13-4-2-1-3-5-13/h1-5H,6-12H2,(H,20,21). The summed E-state index contributed by atoms with van der Waals surface area (Å²) in [7, 11) is 0. The zero-order valence-electron chi connectivity index (χ0n) is 12.0. The molecule has 1 aromatic carbocycles. The summed E-state index contributed by atoms with van der Waals surface area (Å²) in [5.74, 6) is 0.205. The van der Waals surface area contributed by atoms with E-state index in [4.69, 9.17) is 5.11 Å². The van der Waals surface area contributed by atoms with E-state index in [2.05, 4.69) is 0 Å². The molecule has 2 aliphatic heterocycles. The SMILES string of the molecule is O=C(O)N1CCC2(CC1)CCN(Cc1ccccc1)C2=O. The first-order valence-electron chi connectivity index (χ1n) is 7.42. The topological polar surface area (TPSA) is 60.9 Å². The van der Waals surface area contributed by atoms with Crippen molar-refractivity contribution in [2.75, 3.05) is 19.6 Å². The predicted octanol–water partition coefficient (Wildman–Crippen LogP) is 2.18. The van der Waals surface area contributed by atoms with E-state index in [1.54, 1.807) is 0 Å². The Labute approximate surface area is 124 Å². The quantitative estimate of drug-likeness (QED) is 0.907. The molecule has 2 aliphatic rings. The fraction of sp³-hybridized carbons (Fsp3) is 0.500. The summed E-state index contributed by atoms with van der Waals surface area (Å²) in [6, 6.07) is 10.0. The van der Waals surface area contributed by atoms with Gasteiger partial charge in [-0.05, 0) is 24.8 Å². The molecule has 0 saturated carbocycles. The van der Waals surface area contributed by atoms with Crippen molar-refractivity contribution in [2.45, 2.75) is 25.8 Å². The van der Waals surface area contributed by atoms with Gasteiger partial charge in [-0.3, -0.25) is 4.79 Å². The number of likely N-dealkylation sites (tertiary alicyclic amines) is 2. The average molecular weight is 288 g/mol. The summed E-state index contributed by atoms with van der Waals surface area (Å²) in [5.41, 5.74) is 0.826. The number of rotatable bonds is 2. The minimum absolute atomic E-state index is 0.205. The number of amides is 2. The van der Waals surface area contributed by atoms with E-state index in [0.29, 0.717) is 32.5 Å². The summed E-state index contributed by atoms with van der Waals surface area (Å²) in [4.78, 5) is 27.0. The summed E-state index contributed by atoms with van der Waals surface area (Å²) < 4.78 is 0. The third-order valence-corrected chi connectivity index (χ3v) is 4.81. The minimum Gasteiger partial charge on any atom is -0.465 e. The first kappa shape index (κ1) is 13.9. The number of carbonyl (C=O) groups is 2. The van der Waals surface area contributed by atoms with Crippen molar-refractivity contribution in [3.63, 3.8) is 0 Å². The van der Waals surface area contributed by atoms with Crippen LogP contribution in [0.1, 0.15) is 24.8 Å². The molecule has 0 atom stereocenters. The molecule has 0 bridgehead atoms. The van der Waals surface area contributed by atoms with Crippen LogP contribution in [0.25, 0.3) is 0 Å². The molecule has 0 unspecified atom stereocenters. The molecule has 2 saturated heterocycles. The van der Waals surface area contributed by atoms with Crippen molar-refractivity contribution >= 4 is 12.0 Å². The molecule has 2 fully saturated rings. The Morgan fingerprint density at radius 1 is 1.10 bits per heavy atom.